The van der Waals surface area contributed by atoms with E-state index in [2.05, 4.69) is 15.7 Å². The van der Waals surface area contributed by atoms with Crippen LogP contribution < -0.4 is 10.6 Å². The normalized spacial score (nSPS) is 12.0. The van der Waals surface area contributed by atoms with Crippen LogP contribution in [-0.2, 0) is 0 Å². The molecule has 0 aliphatic rings. The summed E-state index contributed by atoms with van der Waals surface area (Å²) in [7, 11) is 0. The van der Waals surface area contributed by atoms with Gasteiger partial charge in [-0.25, -0.2) is 9.48 Å². The van der Waals surface area contributed by atoms with Crippen LogP contribution in [-0.4, -0.2) is 15.8 Å². The van der Waals surface area contributed by atoms with Crippen LogP contribution in [0.5, 0.6) is 0 Å². The molecule has 130 valence electrons. The van der Waals surface area contributed by atoms with Gasteiger partial charge in [-0.2, -0.15) is 5.10 Å². The zero-order valence-corrected chi connectivity index (χ0v) is 14.2. The number of carbonyl (C=O) groups excluding carboxylic acids is 1. The molecule has 0 unspecified atom stereocenters. The third-order valence-corrected chi connectivity index (χ3v) is 4.12. The third-order valence-electron chi connectivity index (χ3n) is 4.12. The van der Waals surface area contributed by atoms with Crippen molar-refractivity contribution in [3.05, 3.63) is 78.8 Å². The zero-order valence-electron chi connectivity index (χ0n) is 14.2. The molecule has 2 N–H and O–H groups in total. The van der Waals surface area contributed by atoms with E-state index in [0.717, 1.165) is 16.7 Å². The first-order valence-electron chi connectivity index (χ1n) is 8.36. The average Bonchev–Trinajstić information content (AvgIpc) is 3.31. The minimum absolute atomic E-state index is 0.265. The van der Waals surface area contributed by atoms with Gasteiger partial charge in [0.15, 0.2) is 0 Å². The summed E-state index contributed by atoms with van der Waals surface area (Å²) in [5, 5.41) is 11.0. The van der Waals surface area contributed by atoms with Gasteiger partial charge in [0.2, 0.25) is 0 Å². The number of para-hydroxylation sites is 3. The van der Waals surface area contributed by atoms with Crippen molar-refractivity contribution in [3.63, 3.8) is 0 Å². The molecule has 0 saturated carbocycles. The Bertz CT molecular complexity index is 1000. The van der Waals surface area contributed by atoms with Gasteiger partial charge in [-0.15, -0.1) is 0 Å². The summed E-state index contributed by atoms with van der Waals surface area (Å²) in [6, 6.07) is 18.5. The number of furan rings is 1. The molecule has 2 heterocycles. The van der Waals surface area contributed by atoms with Gasteiger partial charge in [0, 0.05) is 17.8 Å². The molecular formula is C20H18N4O2. The summed E-state index contributed by atoms with van der Waals surface area (Å²) in [5.74, 6) is 0.710. The predicted molar refractivity (Wildman–Crippen MR) is 100 cm³/mol. The Labute approximate surface area is 150 Å². The molecular weight excluding hydrogens is 328 g/mol. The first-order valence-corrected chi connectivity index (χ1v) is 8.36. The van der Waals surface area contributed by atoms with Gasteiger partial charge in [0.1, 0.15) is 11.3 Å². The quantitative estimate of drug-likeness (QED) is 0.571. The number of urea groups is 1. The van der Waals surface area contributed by atoms with E-state index in [0.29, 0.717) is 11.4 Å². The summed E-state index contributed by atoms with van der Waals surface area (Å²) in [6.45, 7) is 1.89. The van der Waals surface area contributed by atoms with E-state index >= 15 is 0 Å². The van der Waals surface area contributed by atoms with Gasteiger partial charge in [-0.3, -0.25) is 0 Å². The maximum absolute atomic E-state index is 12.4. The highest BCUT2D eigenvalue weighted by molar-refractivity contribution is 5.91. The van der Waals surface area contributed by atoms with E-state index in [9.17, 15) is 4.79 Å². The van der Waals surface area contributed by atoms with Crippen LogP contribution in [0.4, 0.5) is 10.5 Å². The summed E-state index contributed by atoms with van der Waals surface area (Å²) in [6.07, 6.45) is 3.52. The van der Waals surface area contributed by atoms with E-state index in [1.165, 1.54) is 0 Å². The second kappa shape index (κ2) is 6.76. The number of carbonyl (C=O) groups is 1. The maximum atomic E-state index is 12.4. The van der Waals surface area contributed by atoms with Crippen molar-refractivity contribution in [1.82, 2.24) is 15.1 Å². The van der Waals surface area contributed by atoms with Crippen LogP contribution in [0, 0.1) is 0 Å². The number of fused-ring (bicyclic) bond motifs is 1. The van der Waals surface area contributed by atoms with E-state index in [-0.39, 0.29) is 12.1 Å². The van der Waals surface area contributed by atoms with E-state index in [1.54, 1.807) is 10.9 Å². The van der Waals surface area contributed by atoms with E-state index in [4.69, 9.17) is 4.42 Å². The summed E-state index contributed by atoms with van der Waals surface area (Å²) < 4.78 is 7.51. The summed E-state index contributed by atoms with van der Waals surface area (Å²) in [5.41, 5.74) is 2.27. The molecule has 26 heavy (non-hydrogen) atoms. The van der Waals surface area contributed by atoms with Crippen LogP contribution in [0.2, 0.25) is 0 Å². The van der Waals surface area contributed by atoms with Crippen molar-refractivity contribution in [2.24, 2.45) is 0 Å². The highest BCUT2D eigenvalue weighted by Crippen LogP contribution is 2.24. The number of nitrogens with zero attached hydrogens (tertiary/aromatic N) is 2. The number of aromatic nitrogens is 2. The monoisotopic (exact) mass is 346 g/mol. The minimum atomic E-state index is -0.308. The lowest BCUT2D eigenvalue weighted by atomic mass is 10.2. The largest absolute Gasteiger partial charge is 0.459 e. The smallest absolute Gasteiger partial charge is 0.319 e. The molecule has 2 aromatic heterocycles. The fourth-order valence-electron chi connectivity index (χ4n) is 2.83. The Morgan fingerprint density at radius 2 is 1.92 bits per heavy atom. The van der Waals surface area contributed by atoms with Gasteiger partial charge in [0.25, 0.3) is 0 Å². The van der Waals surface area contributed by atoms with Crippen molar-refractivity contribution < 1.29 is 9.21 Å². The molecule has 0 saturated heterocycles. The fourth-order valence-corrected chi connectivity index (χ4v) is 2.83. The van der Waals surface area contributed by atoms with Crippen molar-refractivity contribution in [2.45, 2.75) is 13.0 Å². The number of hydrogen-bond donors (Lipinski definition) is 2. The van der Waals surface area contributed by atoms with Gasteiger partial charge in [0.05, 0.1) is 17.4 Å². The third kappa shape index (κ3) is 3.17. The van der Waals surface area contributed by atoms with E-state index in [1.807, 2.05) is 73.8 Å². The minimum Gasteiger partial charge on any atom is -0.459 e. The Hall–Kier alpha value is -3.54. The highest BCUT2D eigenvalue weighted by atomic mass is 16.3. The topological polar surface area (TPSA) is 72.1 Å². The van der Waals surface area contributed by atoms with Crippen LogP contribution in [0.1, 0.15) is 18.7 Å². The first kappa shape index (κ1) is 16.0. The number of rotatable bonds is 4. The molecule has 0 spiro atoms. The Morgan fingerprint density at radius 1 is 1.12 bits per heavy atom. The lowest BCUT2D eigenvalue weighted by Gasteiger charge is -2.14. The number of amides is 2. The average molecular weight is 346 g/mol. The molecule has 0 aliphatic heterocycles. The van der Waals surface area contributed by atoms with Gasteiger partial charge in [-0.05, 0) is 37.3 Å². The molecule has 4 aromatic rings. The van der Waals surface area contributed by atoms with Crippen LogP contribution in [0.3, 0.4) is 0 Å². The molecule has 2 amide bonds. The zero-order chi connectivity index (χ0) is 17.9. The number of benzene rings is 2. The predicted octanol–water partition coefficient (Wildman–Crippen LogP) is 4.50. The lowest BCUT2D eigenvalue weighted by Crippen LogP contribution is -2.31. The number of anilines is 1. The van der Waals surface area contributed by atoms with Crippen LogP contribution in [0.25, 0.3) is 16.7 Å². The molecule has 1 atom stereocenters. The van der Waals surface area contributed by atoms with Crippen LogP contribution in [0.15, 0.2) is 77.5 Å². The van der Waals surface area contributed by atoms with Gasteiger partial charge >= 0.3 is 6.03 Å². The Kier molecular flexibility index (Phi) is 4.15. The molecule has 0 aliphatic carbocycles. The van der Waals surface area contributed by atoms with Crippen molar-refractivity contribution in [2.75, 3.05) is 5.32 Å². The van der Waals surface area contributed by atoms with Crippen LogP contribution >= 0.6 is 0 Å². The molecule has 4 rings (SSSR count). The number of nitrogens with one attached hydrogen (secondary N) is 2. The van der Waals surface area contributed by atoms with Gasteiger partial charge in [-0.1, -0.05) is 30.3 Å². The number of hydrogen-bond acceptors (Lipinski definition) is 3. The first-order chi connectivity index (χ1) is 12.7. The van der Waals surface area contributed by atoms with Crippen molar-refractivity contribution in [1.29, 1.82) is 0 Å². The maximum Gasteiger partial charge on any atom is 0.319 e. The second-order valence-corrected chi connectivity index (χ2v) is 5.97. The summed E-state index contributed by atoms with van der Waals surface area (Å²) >= 11 is 0. The van der Waals surface area contributed by atoms with Gasteiger partial charge < -0.3 is 15.1 Å². The van der Waals surface area contributed by atoms with Crippen molar-refractivity contribution >= 4 is 22.7 Å². The van der Waals surface area contributed by atoms with E-state index < -0.39 is 0 Å². The standard InChI is InChI=1S/C20H18N4O2/c1-14(19-13-15-7-2-5-10-18(15)26-19)22-20(25)23-16-8-3-4-9-17(16)24-12-6-11-21-24/h2-14H,1H3,(H2,22,23,25)/t14-/m0/s1. The highest BCUT2D eigenvalue weighted by Gasteiger charge is 2.15. The molecule has 6 nitrogen and oxygen atoms in total. The SMILES string of the molecule is C[C@H](NC(=O)Nc1ccccc1-n1cccn1)c1cc2ccccc2o1. The Balaban J connectivity index is 1.49. The Morgan fingerprint density at radius 3 is 2.73 bits per heavy atom. The molecule has 2 aromatic carbocycles. The molecule has 6 heteroatoms. The summed E-state index contributed by atoms with van der Waals surface area (Å²) in [4.78, 5) is 12.4. The molecule has 0 radical (unpaired) electrons. The molecule has 0 bridgehead atoms. The molecule has 0 fully saturated rings. The van der Waals surface area contributed by atoms with Crippen molar-refractivity contribution in [3.8, 4) is 5.69 Å². The fraction of sp³-hybridized carbons (Fsp3) is 0.100. The second-order valence-electron chi connectivity index (χ2n) is 5.97. The lowest BCUT2D eigenvalue weighted by molar-refractivity contribution is 0.248.